The average molecular weight is 294 g/mol. The van der Waals surface area contributed by atoms with Gasteiger partial charge in [-0.1, -0.05) is 89.8 Å². The number of hydrogen-bond acceptors (Lipinski definition) is 0. The zero-order valence-electron chi connectivity index (χ0n) is 12.3. The molecule has 0 aliphatic rings. The van der Waals surface area contributed by atoms with E-state index < -0.39 is 0 Å². The van der Waals surface area contributed by atoms with Crippen LogP contribution in [0.25, 0.3) is 0 Å². The second-order valence-corrected chi connectivity index (χ2v) is 9.54. The summed E-state index contributed by atoms with van der Waals surface area (Å²) in [7, 11) is 0.499. The van der Waals surface area contributed by atoms with Gasteiger partial charge in [0, 0.05) is 0 Å². The van der Waals surface area contributed by atoms with Crippen molar-refractivity contribution >= 4 is 23.5 Å². The van der Waals surface area contributed by atoms with Gasteiger partial charge >= 0.3 is 0 Å². The van der Waals surface area contributed by atoms with Crippen molar-refractivity contribution in [1.29, 1.82) is 0 Å². The molecule has 2 rings (SSSR count). The van der Waals surface area contributed by atoms with Gasteiger partial charge in [0.25, 0.3) is 0 Å². The topological polar surface area (TPSA) is 0 Å². The van der Waals surface area contributed by atoms with E-state index in [0.717, 1.165) is 22.4 Å². The summed E-state index contributed by atoms with van der Waals surface area (Å²) in [4.78, 5) is 1.68. The van der Waals surface area contributed by atoms with Crippen LogP contribution in [0.15, 0.2) is 71.6 Å². The van der Waals surface area contributed by atoms with Gasteiger partial charge < -0.3 is 0 Å². The summed E-state index contributed by atoms with van der Waals surface area (Å²) in [5, 5.41) is 1.46. The fourth-order valence-electron chi connectivity index (χ4n) is 2.08. The lowest BCUT2D eigenvalue weighted by atomic mass is 10.1. The van der Waals surface area contributed by atoms with Crippen molar-refractivity contribution in [2.24, 2.45) is 0 Å². The van der Waals surface area contributed by atoms with Gasteiger partial charge in [0.1, 0.15) is 9.52 Å². The van der Waals surface area contributed by atoms with Gasteiger partial charge in [0.2, 0.25) is 0 Å². The molecule has 0 aromatic heterocycles. The van der Waals surface area contributed by atoms with Crippen molar-refractivity contribution in [3.63, 3.8) is 0 Å². The Bertz CT molecular complexity index is 530. The molecule has 0 aliphatic heterocycles. The van der Waals surface area contributed by atoms with Crippen LogP contribution in [0.3, 0.4) is 0 Å². The number of benzene rings is 2. The quantitative estimate of drug-likeness (QED) is 0.710. The number of allylic oxidation sites excluding steroid dienone is 1. The van der Waals surface area contributed by atoms with Gasteiger partial charge in [-0.05, 0) is 18.4 Å². The third-order valence-corrected chi connectivity index (χ3v) is 7.47. The van der Waals surface area contributed by atoms with E-state index in [1.54, 1.807) is 4.82 Å². The Labute approximate surface area is 127 Å². The first-order chi connectivity index (χ1) is 9.75. The van der Waals surface area contributed by atoms with Crippen molar-refractivity contribution in [1.82, 2.24) is 0 Å². The minimum absolute atomic E-state index is 0.351. The maximum Gasteiger partial charge on any atom is 0.110 e. The third kappa shape index (κ3) is 4.95. The third-order valence-electron chi connectivity index (χ3n) is 3.22. The number of rotatable bonds is 6. The smallest absolute Gasteiger partial charge is 0.0949 e. The molecule has 0 spiro atoms. The first kappa shape index (κ1) is 15.0. The number of hydrogen-bond donors (Lipinski definition) is 0. The van der Waals surface area contributed by atoms with Crippen molar-refractivity contribution in [3.05, 3.63) is 77.1 Å². The van der Waals surface area contributed by atoms with Gasteiger partial charge in [0.15, 0.2) is 0 Å². The van der Waals surface area contributed by atoms with Crippen molar-refractivity contribution in [2.75, 3.05) is 0 Å². The molecule has 2 aromatic rings. The van der Waals surface area contributed by atoms with Gasteiger partial charge in [0.05, 0.1) is 8.80 Å². The van der Waals surface area contributed by atoms with Crippen LogP contribution in [0.4, 0.5) is 0 Å². The fraction of sp³-hybridized carbons (Fsp3) is 0.222. The molecule has 101 valence electrons. The summed E-state index contributed by atoms with van der Waals surface area (Å²) < 4.78 is 0. The SMILES string of the molecule is C[Si](C)/C(=C\CCc1ccccc1)[Si]c1ccccc1. The zero-order chi connectivity index (χ0) is 14.2. The predicted molar refractivity (Wildman–Crippen MR) is 92.2 cm³/mol. The molecular formula is C18H21Si2. The predicted octanol–water partition coefficient (Wildman–Crippen LogP) is 3.83. The minimum Gasteiger partial charge on any atom is -0.0949 e. The molecule has 0 bridgehead atoms. The van der Waals surface area contributed by atoms with Crippen LogP contribution >= 0.6 is 0 Å². The highest BCUT2D eigenvalue weighted by atomic mass is 28.3. The summed E-state index contributed by atoms with van der Waals surface area (Å²) in [6, 6.07) is 21.6. The van der Waals surface area contributed by atoms with Crippen LogP contribution in [0.5, 0.6) is 0 Å². The Balaban J connectivity index is 1.96. The zero-order valence-corrected chi connectivity index (χ0v) is 14.3. The largest absolute Gasteiger partial charge is 0.110 e. The molecule has 0 nitrogen and oxygen atoms in total. The molecule has 0 N–H and O–H groups in total. The minimum atomic E-state index is -0.351. The van der Waals surface area contributed by atoms with Crippen LogP contribution in [0, 0.1) is 0 Å². The molecule has 0 amide bonds. The summed E-state index contributed by atoms with van der Waals surface area (Å²) in [6.07, 6.45) is 4.81. The normalized spacial score (nSPS) is 11.8. The van der Waals surface area contributed by atoms with E-state index in [-0.39, 0.29) is 8.80 Å². The van der Waals surface area contributed by atoms with Crippen LogP contribution < -0.4 is 5.19 Å². The molecule has 3 radical (unpaired) electrons. The van der Waals surface area contributed by atoms with Crippen LogP contribution in [0.2, 0.25) is 13.1 Å². The lowest BCUT2D eigenvalue weighted by Crippen LogP contribution is -2.23. The van der Waals surface area contributed by atoms with E-state index in [2.05, 4.69) is 79.8 Å². The van der Waals surface area contributed by atoms with Crippen LogP contribution in [0.1, 0.15) is 12.0 Å². The van der Waals surface area contributed by atoms with Gasteiger partial charge in [-0.25, -0.2) is 0 Å². The molecule has 20 heavy (non-hydrogen) atoms. The highest BCUT2D eigenvalue weighted by molar-refractivity contribution is 6.84. The Morgan fingerprint density at radius 3 is 2.15 bits per heavy atom. The van der Waals surface area contributed by atoms with E-state index in [0.29, 0.717) is 0 Å². The van der Waals surface area contributed by atoms with E-state index >= 15 is 0 Å². The maximum absolute atomic E-state index is 2.49. The first-order valence-electron chi connectivity index (χ1n) is 7.12. The lowest BCUT2D eigenvalue weighted by Gasteiger charge is -2.09. The molecule has 0 unspecified atom stereocenters. The molecule has 2 heteroatoms. The monoisotopic (exact) mass is 293 g/mol. The number of aryl methyl sites for hydroxylation is 1. The van der Waals surface area contributed by atoms with Crippen molar-refractivity contribution in [3.8, 4) is 0 Å². The van der Waals surface area contributed by atoms with E-state index in [9.17, 15) is 0 Å². The van der Waals surface area contributed by atoms with Crippen molar-refractivity contribution < 1.29 is 0 Å². The summed E-state index contributed by atoms with van der Waals surface area (Å²) in [6.45, 7) is 4.80. The van der Waals surface area contributed by atoms with Gasteiger partial charge in [-0.15, -0.1) is 0 Å². The van der Waals surface area contributed by atoms with E-state index in [1.165, 1.54) is 10.8 Å². The molecule has 0 heterocycles. The molecule has 2 aromatic carbocycles. The van der Waals surface area contributed by atoms with E-state index in [4.69, 9.17) is 0 Å². The van der Waals surface area contributed by atoms with Gasteiger partial charge in [-0.3, -0.25) is 0 Å². The Hall–Kier alpha value is -1.39. The van der Waals surface area contributed by atoms with E-state index in [1.807, 2.05) is 0 Å². The second kappa shape index (κ2) is 8.02. The Kier molecular flexibility index (Phi) is 6.02. The van der Waals surface area contributed by atoms with Crippen LogP contribution in [-0.2, 0) is 6.42 Å². The first-order valence-corrected chi connectivity index (χ1v) is 10.6. The molecule has 0 saturated carbocycles. The van der Waals surface area contributed by atoms with Crippen molar-refractivity contribution in [2.45, 2.75) is 25.9 Å². The maximum atomic E-state index is 2.49. The standard InChI is InChI=1S/C18H21Si2/c1-20(2)18(19-17-13-7-4-8-14-17)15-9-12-16-10-5-3-6-11-16/h3-8,10-11,13-15H,9,12H2,1-2H3/b18-15-. The van der Waals surface area contributed by atoms with Crippen LogP contribution in [-0.4, -0.2) is 18.3 Å². The molecular weight excluding hydrogens is 272 g/mol. The molecule has 0 saturated heterocycles. The summed E-state index contributed by atoms with van der Waals surface area (Å²) >= 11 is 0. The lowest BCUT2D eigenvalue weighted by molar-refractivity contribution is 1.00. The Morgan fingerprint density at radius 2 is 1.55 bits per heavy atom. The average Bonchev–Trinajstić information content (AvgIpc) is 2.48. The highest BCUT2D eigenvalue weighted by Crippen LogP contribution is 2.07. The Morgan fingerprint density at radius 1 is 0.950 bits per heavy atom. The molecule has 0 fully saturated rings. The fourth-order valence-corrected chi connectivity index (χ4v) is 4.99. The summed E-state index contributed by atoms with van der Waals surface area (Å²) in [5.41, 5.74) is 1.44. The summed E-state index contributed by atoms with van der Waals surface area (Å²) in [5.74, 6) is 0. The van der Waals surface area contributed by atoms with Gasteiger partial charge in [-0.2, -0.15) is 0 Å². The highest BCUT2D eigenvalue weighted by Gasteiger charge is 2.07. The molecule has 0 aliphatic carbocycles. The molecule has 0 atom stereocenters. The second-order valence-electron chi connectivity index (χ2n) is 5.13.